The number of aliphatic hydroxyl groups is 3. The highest BCUT2D eigenvalue weighted by molar-refractivity contribution is 5.04. The number of H-pyrrole nitrogens is 1. The molecule has 0 bridgehead atoms. The molecule has 0 unspecified atom stereocenters. The molecule has 1 aliphatic heterocycles. The molecule has 2 rings (SSSR count). The van der Waals surface area contributed by atoms with Gasteiger partial charge in [0.25, 0.3) is 11.4 Å². The molecule has 1 aromatic heterocycles. The number of hydrogen-bond acceptors (Lipinski definition) is 6. The van der Waals surface area contributed by atoms with Crippen LogP contribution >= 0.6 is 0 Å². The highest BCUT2D eigenvalue weighted by Gasteiger charge is 2.57. The summed E-state index contributed by atoms with van der Waals surface area (Å²) in [6.45, 7) is 0.641. The number of aromatic amines is 1. The van der Waals surface area contributed by atoms with Crippen molar-refractivity contribution in [2.75, 3.05) is 6.61 Å². The SMILES string of the molecule is Cc1cn([C@H]2O[C@@H](CO)[C@H](O)[C@]2(O)F)c(=O)[nH]c1=O. The Labute approximate surface area is 105 Å². The minimum Gasteiger partial charge on any atom is -0.394 e. The van der Waals surface area contributed by atoms with Gasteiger partial charge in [0.05, 0.1) is 6.61 Å². The van der Waals surface area contributed by atoms with Gasteiger partial charge in [-0.1, -0.05) is 0 Å². The number of ether oxygens (including phenoxy) is 1. The number of rotatable bonds is 2. The lowest BCUT2D eigenvalue weighted by molar-refractivity contribution is -0.197. The molecular formula is C10H13FN2O6. The van der Waals surface area contributed by atoms with Crippen molar-refractivity contribution in [3.8, 4) is 0 Å². The van der Waals surface area contributed by atoms with E-state index in [0.29, 0.717) is 4.57 Å². The first-order valence-corrected chi connectivity index (χ1v) is 5.46. The highest BCUT2D eigenvalue weighted by atomic mass is 19.2. The standard InChI is InChI=1S/C10H13FN2O6/c1-4-2-13(9(17)12-7(4)16)8-10(11,18)6(15)5(3-14)19-8/h2,5-6,8,14-15,18H,3H2,1H3,(H,12,16,17)/t5-,6-,8-,10+/m0/s1. The lowest BCUT2D eigenvalue weighted by Gasteiger charge is -2.23. The average Bonchev–Trinajstić information content (AvgIpc) is 2.56. The number of nitrogens with one attached hydrogen (secondary N) is 1. The van der Waals surface area contributed by atoms with Gasteiger partial charge in [0, 0.05) is 11.8 Å². The average molecular weight is 276 g/mol. The topological polar surface area (TPSA) is 125 Å². The lowest BCUT2D eigenvalue weighted by Crippen LogP contribution is -2.46. The third kappa shape index (κ3) is 2.10. The first-order chi connectivity index (χ1) is 8.78. The van der Waals surface area contributed by atoms with Gasteiger partial charge in [-0.25, -0.2) is 9.18 Å². The van der Waals surface area contributed by atoms with Gasteiger partial charge in [-0.3, -0.25) is 14.3 Å². The molecule has 4 atom stereocenters. The van der Waals surface area contributed by atoms with Crippen LogP contribution in [0.3, 0.4) is 0 Å². The van der Waals surface area contributed by atoms with Crippen molar-refractivity contribution >= 4 is 0 Å². The number of aryl methyl sites for hydroxylation is 1. The van der Waals surface area contributed by atoms with E-state index in [9.17, 15) is 24.2 Å². The normalized spacial score (nSPS) is 34.7. The molecule has 0 spiro atoms. The fourth-order valence-corrected chi connectivity index (χ4v) is 1.91. The number of nitrogens with zero attached hydrogens (tertiary/aromatic N) is 1. The van der Waals surface area contributed by atoms with Gasteiger partial charge in [0.15, 0.2) is 6.23 Å². The first kappa shape index (κ1) is 13.9. The maximum atomic E-state index is 14.0. The quantitative estimate of drug-likeness (QED) is 0.484. The Morgan fingerprint density at radius 2 is 2.21 bits per heavy atom. The number of hydrogen-bond donors (Lipinski definition) is 4. The zero-order valence-corrected chi connectivity index (χ0v) is 9.91. The van der Waals surface area contributed by atoms with Crippen LogP contribution < -0.4 is 11.2 Å². The Balaban J connectivity index is 2.51. The minimum atomic E-state index is -3.26. The summed E-state index contributed by atoms with van der Waals surface area (Å²) in [5, 5.41) is 27.9. The van der Waals surface area contributed by atoms with Crippen molar-refractivity contribution in [2.24, 2.45) is 0 Å². The minimum absolute atomic E-state index is 0.0981. The molecule has 0 radical (unpaired) electrons. The lowest BCUT2D eigenvalue weighted by atomic mass is 10.1. The second-order valence-electron chi connectivity index (χ2n) is 4.36. The molecule has 2 heterocycles. The Morgan fingerprint density at radius 3 is 2.74 bits per heavy atom. The van der Waals surface area contributed by atoms with Crippen molar-refractivity contribution in [3.05, 3.63) is 32.6 Å². The van der Waals surface area contributed by atoms with Crippen LogP contribution in [0, 0.1) is 6.92 Å². The first-order valence-electron chi connectivity index (χ1n) is 5.46. The zero-order chi connectivity index (χ0) is 14.4. The Morgan fingerprint density at radius 1 is 1.58 bits per heavy atom. The van der Waals surface area contributed by atoms with E-state index in [1.807, 2.05) is 4.98 Å². The summed E-state index contributed by atoms with van der Waals surface area (Å²) in [6, 6.07) is 0. The van der Waals surface area contributed by atoms with E-state index in [0.717, 1.165) is 6.20 Å². The second-order valence-corrected chi connectivity index (χ2v) is 4.36. The van der Waals surface area contributed by atoms with Crippen LogP contribution in [0.5, 0.6) is 0 Å². The Hall–Kier alpha value is -1.55. The van der Waals surface area contributed by atoms with E-state index in [2.05, 4.69) is 0 Å². The van der Waals surface area contributed by atoms with Crippen LogP contribution in [0.25, 0.3) is 0 Å². The molecule has 0 aliphatic carbocycles. The van der Waals surface area contributed by atoms with E-state index in [-0.39, 0.29) is 5.56 Å². The molecule has 1 aliphatic rings. The summed E-state index contributed by atoms with van der Waals surface area (Å²) in [4.78, 5) is 24.7. The van der Waals surface area contributed by atoms with Crippen molar-refractivity contribution in [3.63, 3.8) is 0 Å². The predicted molar refractivity (Wildman–Crippen MR) is 59.1 cm³/mol. The van der Waals surface area contributed by atoms with Crippen LogP contribution in [-0.2, 0) is 4.74 Å². The van der Waals surface area contributed by atoms with E-state index in [1.165, 1.54) is 6.92 Å². The summed E-state index contributed by atoms with van der Waals surface area (Å²) in [5.74, 6) is -3.26. The van der Waals surface area contributed by atoms with Crippen molar-refractivity contribution in [1.82, 2.24) is 9.55 Å². The molecule has 1 fully saturated rings. The highest BCUT2D eigenvalue weighted by Crippen LogP contribution is 2.38. The van der Waals surface area contributed by atoms with Gasteiger partial charge in [-0.05, 0) is 6.92 Å². The maximum absolute atomic E-state index is 14.0. The number of aromatic nitrogens is 2. The molecule has 0 amide bonds. The van der Waals surface area contributed by atoms with E-state index < -0.39 is 42.1 Å². The smallest absolute Gasteiger partial charge is 0.330 e. The maximum Gasteiger partial charge on any atom is 0.330 e. The Kier molecular flexibility index (Phi) is 3.31. The summed E-state index contributed by atoms with van der Waals surface area (Å²) in [5.41, 5.74) is -1.55. The van der Waals surface area contributed by atoms with Crippen LogP contribution in [0.4, 0.5) is 4.39 Å². The Bertz CT molecular complexity index is 594. The second kappa shape index (κ2) is 4.53. The van der Waals surface area contributed by atoms with Gasteiger partial charge in [0.1, 0.15) is 12.2 Å². The third-order valence-electron chi connectivity index (χ3n) is 3.00. The summed E-state index contributed by atoms with van der Waals surface area (Å²) < 4.78 is 19.6. The molecule has 0 aromatic carbocycles. The number of aliphatic hydroxyl groups excluding tert-OH is 2. The monoisotopic (exact) mass is 276 g/mol. The summed E-state index contributed by atoms with van der Waals surface area (Å²) in [6.07, 6.45) is -4.24. The number of alkyl halides is 1. The summed E-state index contributed by atoms with van der Waals surface area (Å²) in [7, 11) is 0. The molecule has 1 saturated heterocycles. The fraction of sp³-hybridized carbons (Fsp3) is 0.600. The molecule has 106 valence electrons. The van der Waals surface area contributed by atoms with Gasteiger partial charge >= 0.3 is 5.69 Å². The number of halogens is 1. The van der Waals surface area contributed by atoms with Gasteiger partial charge in [0.2, 0.25) is 0 Å². The van der Waals surface area contributed by atoms with E-state index >= 15 is 0 Å². The molecule has 1 aromatic rings. The van der Waals surface area contributed by atoms with Crippen LogP contribution in [0.1, 0.15) is 11.8 Å². The molecule has 4 N–H and O–H groups in total. The van der Waals surface area contributed by atoms with Crippen molar-refractivity contribution in [2.45, 2.75) is 31.2 Å². The van der Waals surface area contributed by atoms with Crippen LogP contribution in [0.2, 0.25) is 0 Å². The third-order valence-corrected chi connectivity index (χ3v) is 3.00. The van der Waals surface area contributed by atoms with E-state index in [4.69, 9.17) is 9.84 Å². The molecule has 8 nitrogen and oxygen atoms in total. The van der Waals surface area contributed by atoms with Crippen molar-refractivity contribution < 1.29 is 24.4 Å². The largest absolute Gasteiger partial charge is 0.394 e. The van der Waals surface area contributed by atoms with Crippen molar-refractivity contribution in [1.29, 1.82) is 0 Å². The fourth-order valence-electron chi connectivity index (χ4n) is 1.91. The molecule has 9 heteroatoms. The molecule has 0 saturated carbocycles. The van der Waals surface area contributed by atoms with Gasteiger partial charge in [-0.2, -0.15) is 0 Å². The predicted octanol–water partition coefficient (Wildman–Crippen LogP) is -2.25. The van der Waals surface area contributed by atoms with Crippen LogP contribution in [0.15, 0.2) is 15.8 Å². The van der Waals surface area contributed by atoms with Gasteiger partial charge in [-0.15, -0.1) is 0 Å². The molecular weight excluding hydrogens is 263 g/mol. The van der Waals surface area contributed by atoms with E-state index in [1.54, 1.807) is 0 Å². The molecule has 19 heavy (non-hydrogen) atoms. The zero-order valence-electron chi connectivity index (χ0n) is 9.91. The summed E-state index contributed by atoms with van der Waals surface area (Å²) >= 11 is 0. The van der Waals surface area contributed by atoms with Crippen LogP contribution in [-0.4, -0.2) is 49.5 Å². The van der Waals surface area contributed by atoms with Gasteiger partial charge < -0.3 is 20.1 Å².